The summed E-state index contributed by atoms with van der Waals surface area (Å²) >= 11 is 5.59. The summed E-state index contributed by atoms with van der Waals surface area (Å²) in [7, 11) is -5.34. The molecule has 3 aromatic rings. The Morgan fingerprint density at radius 2 is 1.87 bits per heavy atom. The molecule has 3 rings (SSSR count). The van der Waals surface area contributed by atoms with E-state index in [1.54, 1.807) is 6.07 Å². The highest BCUT2D eigenvalue weighted by atomic mass is 35.5. The lowest BCUT2D eigenvalue weighted by molar-refractivity contribution is -0.139. The Hall–Kier alpha value is -3.10. The molecule has 0 aliphatic carbocycles. The first-order valence-electron chi connectivity index (χ1n) is 8.26. The predicted octanol–water partition coefficient (Wildman–Crippen LogP) is 2.47. The van der Waals surface area contributed by atoms with Gasteiger partial charge in [-0.15, -0.1) is 0 Å². The Kier molecular flexibility index (Phi) is 5.98. The van der Waals surface area contributed by atoms with Crippen LogP contribution in [0.1, 0.15) is 34.7 Å². The molecule has 2 aromatic heterocycles. The summed E-state index contributed by atoms with van der Waals surface area (Å²) in [5, 5.41) is 5.33. The zero-order valence-corrected chi connectivity index (χ0v) is 16.9. The van der Waals surface area contributed by atoms with Gasteiger partial charge in [-0.05, 0) is 25.1 Å². The molecule has 0 fully saturated rings. The summed E-state index contributed by atoms with van der Waals surface area (Å²) in [5.74, 6) is -0.633. The molecule has 0 radical (unpaired) electrons. The molecule has 0 aliphatic rings. The van der Waals surface area contributed by atoms with Crippen LogP contribution in [0, 0.1) is 0 Å². The molecule has 2 N–H and O–H groups in total. The minimum atomic E-state index is -5.34. The number of alkyl halides is 3. The lowest BCUT2D eigenvalue weighted by Gasteiger charge is -2.17. The molecular formula is C16H12ClF3N6O4S. The molecule has 164 valence electrons. The number of carbonyl (C=O) groups is 1. The molecule has 10 nitrogen and oxygen atoms in total. The number of hydrogen-bond acceptors (Lipinski definition) is 7. The van der Waals surface area contributed by atoms with E-state index < -0.39 is 49.3 Å². The van der Waals surface area contributed by atoms with E-state index in [4.69, 9.17) is 11.6 Å². The van der Waals surface area contributed by atoms with Gasteiger partial charge in [0.1, 0.15) is 11.2 Å². The minimum Gasteiger partial charge on any atom is -0.342 e. The molecule has 1 unspecified atom stereocenters. The van der Waals surface area contributed by atoms with Crippen molar-refractivity contribution in [3.63, 3.8) is 0 Å². The molecule has 1 aromatic carbocycles. The average molecular weight is 477 g/mol. The second-order valence-electron chi connectivity index (χ2n) is 6.08. The molecule has 1 amide bonds. The van der Waals surface area contributed by atoms with Crippen molar-refractivity contribution in [2.75, 3.05) is 0 Å². The zero-order valence-electron chi connectivity index (χ0n) is 15.4. The second-order valence-corrected chi connectivity index (χ2v) is 7.88. The van der Waals surface area contributed by atoms with Crippen LogP contribution in [0.3, 0.4) is 0 Å². The first kappa shape index (κ1) is 22.6. The maximum Gasteiger partial charge on any atom is 0.419 e. The van der Waals surface area contributed by atoms with Crippen molar-refractivity contribution in [2.24, 2.45) is 0 Å². The van der Waals surface area contributed by atoms with Crippen molar-refractivity contribution in [3.05, 3.63) is 58.9 Å². The van der Waals surface area contributed by atoms with Gasteiger partial charge >= 0.3 is 6.18 Å². The van der Waals surface area contributed by atoms with Crippen LogP contribution in [0.5, 0.6) is 0 Å². The molecule has 0 saturated heterocycles. The van der Waals surface area contributed by atoms with Crippen LogP contribution in [0.2, 0.25) is 5.02 Å². The van der Waals surface area contributed by atoms with Gasteiger partial charge in [0.15, 0.2) is 5.82 Å². The van der Waals surface area contributed by atoms with E-state index >= 15 is 0 Å². The van der Waals surface area contributed by atoms with Gasteiger partial charge < -0.3 is 5.32 Å². The maximum absolute atomic E-state index is 13.2. The van der Waals surface area contributed by atoms with E-state index in [0.29, 0.717) is 12.1 Å². The highest BCUT2D eigenvalue weighted by Gasteiger charge is 2.40. The molecule has 0 aliphatic heterocycles. The largest absolute Gasteiger partial charge is 0.419 e. The Morgan fingerprint density at radius 1 is 1.23 bits per heavy atom. The summed E-state index contributed by atoms with van der Waals surface area (Å²) in [6.45, 7) is 1.50. The number of rotatable bonds is 5. The molecule has 0 saturated carbocycles. The Morgan fingerprint density at radius 3 is 2.45 bits per heavy atom. The number of carbonyl (C=O) groups excluding carboxylic acids is 1. The first-order valence-corrected chi connectivity index (χ1v) is 10.1. The Labute approximate surface area is 177 Å². The topological polar surface area (TPSA) is 140 Å². The van der Waals surface area contributed by atoms with Gasteiger partial charge in [-0.1, -0.05) is 11.6 Å². The number of nitrogens with zero attached hydrogens (tertiary/aromatic N) is 5. The number of aromatic nitrogens is 5. The van der Waals surface area contributed by atoms with Crippen LogP contribution in [0.4, 0.5) is 13.2 Å². The standard InChI is InChI=1S/C16H12ClF3N6O4S/c1-8(13-23-7-24-26(13)15-21-3-2-4-22-15)25-14(27)9-5-10(17)12(16(18,19)20)11(6-9)31(28,29)30/h2-8H,1H3,(H,25,27)(H,28,29,30). The summed E-state index contributed by atoms with van der Waals surface area (Å²) in [5.41, 5.74) is -2.30. The van der Waals surface area contributed by atoms with Gasteiger partial charge in [0.25, 0.3) is 22.0 Å². The van der Waals surface area contributed by atoms with Gasteiger partial charge in [0.2, 0.25) is 0 Å². The maximum atomic E-state index is 13.2. The van der Waals surface area contributed by atoms with Crippen LogP contribution in [-0.4, -0.2) is 43.6 Å². The molecule has 0 bridgehead atoms. The van der Waals surface area contributed by atoms with Crippen LogP contribution < -0.4 is 5.32 Å². The SMILES string of the molecule is CC(NC(=O)c1cc(Cl)c(C(F)(F)F)c(S(=O)(=O)O)c1)c1ncnn1-c1ncccn1. The number of nitrogens with one attached hydrogen (secondary N) is 1. The number of hydrogen-bond donors (Lipinski definition) is 2. The minimum absolute atomic E-state index is 0.155. The molecule has 31 heavy (non-hydrogen) atoms. The van der Waals surface area contributed by atoms with E-state index in [-0.39, 0.29) is 11.8 Å². The zero-order chi connectivity index (χ0) is 23.0. The van der Waals surface area contributed by atoms with Crippen LogP contribution in [-0.2, 0) is 16.3 Å². The van der Waals surface area contributed by atoms with Crippen molar-refractivity contribution in [3.8, 4) is 5.95 Å². The van der Waals surface area contributed by atoms with Crippen LogP contribution in [0.15, 0.2) is 41.8 Å². The number of amides is 1. The Balaban J connectivity index is 1.95. The van der Waals surface area contributed by atoms with E-state index in [1.807, 2.05) is 0 Å². The summed E-state index contributed by atoms with van der Waals surface area (Å²) < 4.78 is 72.9. The summed E-state index contributed by atoms with van der Waals surface area (Å²) in [6, 6.07) is 1.75. The van der Waals surface area contributed by atoms with E-state index in [9.17, 15) is 30.9 Å². The molecular weight excluding hydrogens is 465 g/mol. The van der Waals surface area contributed by atoms with Gasteiger partial charge in [-0.3, -0.25) is 9.35 Å². The van der Waals surface area contributed by atoms with Gasteiger partial charge in [0.05, 0.1) is 16.6 Å². The third kappa shape index (κ3) is 4.81. The summed E-state index contributed by atoms with van der Waals surface area (Å²) in [6.07, 6.45) is -1.09. The number of halogens is 4. The lowest BCUT2D eigenvalue weighted by Crippen LogP contribution is -2.29. The van der Waals surface area contributed by atoms with Crippen LogP contribution in [0.25, 0.3) is 5.95 Å². The number of benzene rings is 1. The third-order valence-corrected chi connectivity index (χ3v) is 5.10. The van der Waals surface area contributed by atoms with Gasteiger partial charge in [-0.25, -0.2) is 15.0 Å². The van der Waals surface area contributed by atoms with E-state index in [1.165, 1.54) is 30.3 Å². The van der Waals surface area contributed by atoms with E-state index in [0.717, 1.165) is 0 Å². The first-order chi connectivity index (χ1) is 14.4. The van der Waals surface area contributed by atoms with Crippen molar-refractivity contribution in [1.82, 2.24) is 30.0 Å². The normalized spacial score (nSPS) is 13.1. The highest BCUT2D eigenvalue weighted by Crippen LogP contribution is 2.39. The fourth-order valence-electron chi connectivity index (χ4n) is 2.64. The quantitative estimate of drug-likeness (QED) is 0.535. The third-order valence-electron chi connectivity index (χ3n) is 3.93. The summed E-state index contributed by atoms with van der Waals surface area (Å²) in [4.78, 5) is 23.1. The molecule has 1 atom stereocenters. The van der Waals surface area contributed by atoms with Gasteiger partial charge in [-0.2, -0.15) is 31.4 Å². The van der Waals surface area contributed by atoms with Crippen molar-refractivity contribution >= 4 is 27.6 Å². The fraction of sp³-hybridized carbons (Fsp3) is 0.188. The fourth-order valence-corrected chi connectivity index (χ4v) is 3.78. The predicted molar refractivity (Wildman–Crippen MR) is 99.1 cm³/mol. The lowest BCUT2D eigenvalue weighted by atomic mass is 10.1. The molecule has 15 heteroatoms. The highest BCUT2D eigenvalue weighted by molar-refractivity contribution is 7.85. The van der Waals surface area contributed by atoms with Crippen molar-refractivity contribution in [2.45, 2.75) is 24.0 Å². The van der Waals surface area contributed by atoms with Gasteiger partial charge in [0, 0.05) is 18.0 Å². The second kappa shape index (κ2) is 8.20. The van der Waals surface area contributed by atoms with E-state index in [2.05, 4.69) is 25.4 Å². The van der Waals surface area contributed by atoms with Crippen LogP contribution >= 0.6 is 11.6 Å². The average Bonchev–Trinajstić information content (AvgIpc) is 3.16. The Bertz CT molecular complexity index is 1230. The van der Waals surface area contributed by atoms with Crippen molar-refractivity contribution in [1.29, 1.82) is 0 Å². The molecule has 2 heterocycles. The molecule has 0 spiro atoms. The smallest absolute Gasteiger partial charge is 0.342 e. The van der Waals surface area contributed by atoms with Crippen molar-refractivity contribution < 1.29 is 30.9 Å². The monoisotopic (exact) mass is 476 g/mol.